The van der Waals surface area contributed by atoms with Crippen LogP contribution in [0.2, 0.25) is 0 Å². The molecule has 3 rings (SSSR count). The molecule has 0 aliphatic rings. The number of hydrogen-bond acceptors (Lipinski definition) is 2. The molecule has 1 amide bonds. The lowest BCUT2D eigenvalue weighted by molar-refractivity contribution is 0.100. The van der Waals surface area contributed by atoms with Gasteiger partial charge in [0.2, 0.25) is 5.91 Å². The molecule has 3 N–H and O–H groups in total. The summed E-state index contributed by atoms with van der Waals surface area (Å²) in [7, 11) is 0. The molecular weight excluding hydrogens is 286 g/mol. The summed E-state index contributed by atoms with van der Waals surface area (Å²) in [6.07, 6.45) is 0. The average Bonchev–Trinajstić information content (AvgIpc) is 2.55. The number of hydrogen-bond donors (Lipinski definition) is 2. The number of aryl methyl sites for hydroxylation is 1. The molecule has 114 valence electrons. The predicted molar refractivity (Wildman–Crippen MR) is 92.2 cm³/mol. The van der Waals surface area contributed by atoms with Crippen molar-refractivity contribution >= 4 is 5.91 Å². The van der Waals surface area contributed by atoms with E-state index in [2.05, 4.69) is 0 Å². The molecule has 0 fully saturated rings. The van der Waals surface area contributed by atoms with E-state index in [1.807, 2.05) is 49.4 Å². The zero-order valence-electron chi connectivity index (χ0n) is 12.8. The first-order valence-corrected chi connectivity index (χ1v) is 7.35. The number of primary amides is 1. The number of rotatable bonds is 3. The van der Waals surface area contributed by atoms with E-state index in [1.54, 1.807) is 24.3 Å². The van der Waals surface area contributed by atoms with E-state index in [-0.39, 0.29) is 5.75 Å². The Morgan fingerprint density at radius 2 is 1.61 bits per heavy atom. The highest BCUT2D eigenvalue weighted by Crippen LogP contribution is 2.32. The first-order valence-electron chi connectivity index (χ1n) is 7.35. The third kappa shape index (κ3) is 2.94. The van der Waals surface area contributed by atoms with E-state index in [0.29, 0.717) is 5.56 Å². The second-order valence-electron chi connectivity index (χ2n) is 5.49. The van der Waals surface area contributed by atoms with Gasteiger partial charge in [0, 0.05) is 5.56 Å². The average molecular weight is 303 g/mol. The molecule has 3 nitrogen and oxygen atoms in total. The van der Waals surface area contributed by atoms with Crippen LogP contribution in [0.4, 0.5) is 0 Å². The van der Waals surface area contributed by atoms with Gasteiger partial charge in [-0.1, -0.05) is 42.5 Å². The van der Waals surface area contributed by atoms with Crippen molar-refractivity contribution in [2.45, 2.75) is 6.92 Å². The number of carbonyl (C=O) groups excluding carboxylic acids is 1. The maximum Gasteiger partial charge on any atom is 0.249 e. The van der Waals surface area contributed by atoms with Gasteiger partial charge < -0.3 is 10.8 Å². The summed E-state index contributed by atoms with van der Waals surface area (Å²) in [4.78, 5) is 11.8. The lowest BCUT2D eigenvalue weighted by Crippen LogP contribution is -2.12. The number of phenolic OH excluding ortho intramolecular Hbond substituents is 1. The van der Waals surface area contributed by atoms with Crippen molar-refractivity contribution in [1.29, 1.82) is 0 Å². The van der Waals surface area contributed by atoms with Crippen LogP contribution in [0.15, 0.2) is 66.7 Å². The van der Waals surface area contributed by atoms with Gasteiger partial charge in [-0.3, -0.25) is 4.79 Å². The van der Waals surface area contributed by atoms with Gasteiger partial charge in [0.25, 0.3) is 0 Å². The third-order valence-electron chi connectivity index (χ3n) is 3.89. The highest BCUT2D eigenvalue weighted by Gasteiger charge is 2.13. The summed E-state index contributed by atoms with van der Waals surface area (Å²) in [5.74, 6) is -0.266. The molecule has 0 unspecified atom stereocenters. The molecule has 0 heterocycles. The predicted octanol–water partition coefficient (Wildman–Crippen LogP) is 4.13. The summed E-state index contributed by atoms with van der Waals surface area (Å²) in [5.41, 5.74) is 10.6. The minimum atomic E-state index is -0.466. The van der Waals surface area contributed by atoms with Gasteiger partial charge in [-0.05, 0) is 59.0 Å². The molecule has 0 aliphatic carbocycles. The molecule has 3 aromatic rings. The number of amides is 1. The maximum atomic E-state index is 11.8. The number of aromatic hydroxyl groups is 1. The summed E-state index contributed by atoms with van der Waals surface area (Å²) in [5, 5.41) is 9.60. The van der Waals surface area contributed by atoms with Crippen molar-refractivity contribution in [2.75, 3.05) is 0 Å². The van der Waals surface area contributed by atoms with Crippen molar-refractivity contribution < 1.29 is 9.90 Å². The number of benzene rings is 3. The fourth-order valence-corrected chi connectivity index (χ4v) is 2.74. The van der Waals surface area contributed by atoms with Crippen LogP contribution in [0.5, 0.6) is 5.75 Å². The van der Waals surface area contributed by atoms with Gasteiger partial charge in [-0.2, -0.15) is 0 Å². The van der Waals surface area contributed by atoms with Crippen LogP contribution in [0.3, 0.4) is 0 Å². The van der Waals surface area contributed by atoms with Crippen LogP contribution < -0.4 is 5.73 Å². The minimum absolute atomic E-state index is 0.200. The monoisotopic (exact) mass is 303 g/mol. The Bertz CT molecular complexity index is 870. The molecule has 0 atom stereocenters. The van der Waals surface area contributed by atoms with Crippen LogP contribution >= 0.6 is 0 Å². The topological polar surface area (TPSA) is 63.3 Å². The zero-order chi connectivity index (χ0) is 16.4. The van der Waals surface area contributed by atoms with E-state index in [4.69, 9.17) is 5.73 Å². The fourth-order valence-electron chi connectivity index (χ4n) is 2.74. The molecule has 0 saturated carbocycles. The normalized spacial score (nSPS) is 10.5. The Morgan fingerprint density at radius 3 is 2.26 bits per heavy atom. The molecule has 0 aromatic heterocycles. The lowest BCUT2D eigenvalue weighted by Gasteiger charge is -2.13. The molecule has 0 spiro atoms. The van der Waals surface area contributed by atoms with E-state index >= 15 is 0 Å². The molecule has 0 radical (unpaired) electrons. The van der Waals surface area contributed by atoms with Crippen molar-refractivity contribution in [3.63, 3.8) is 0 Å². The van der Waals surface area contributed by atoms with Gasteiger partial charge in [-0.25, -0.2) is 0 Å². The van der Waals surface area contributed by atoms with Crippen LogP contribution in [-0.2, 0) is 0 Å². The number of carbonyl (C=O) groups is 1. The van der Waals surface area contributed by atoms with Crippen LogP contribution in [0.1, 0.15) is 15.9 Å². The van der Waals surface area contributed by atoms with Crippen molar-refractivity contribution in [2.24, 2.45) is 5.73 Å². The molecule has 0 bridgehead atoms. The van der Waals surface area contributed by atoms with Gasteiger partial charge in [0.15, 0.2) is 0 Å². The Balaban J connectivity index is 2.22. The Kier molecular flexibility index (Phi) is 3.85. The van der Waals surface area contributed by atoms with Gasteiger partial charge in [0.05, 0.1) is 0 Å². The number of phenols is 1. The molecule has 0 aliphatic heterocycles. The third-order valence-corrected chi connectivity index (χ3v) is 3.89. The van der Waals surface area contributed by atoms with Gasteiger partial charge in [0.1, 0.15) is 5.75 Å². The second-order valence-corrected chi connectivity index (χ2v) is 5.49. The molecule has 3 aromatic carbocycles. The summed E-state index contributed by atoms with van der Waals surface area (Å²) >= 11 is 0. The SMILES string of the molecule is Cc1cc(O)ccc1-c1cc(-c2ccccc2)ccc1C(N)=O. The van der Waals surface area contributed by atoms with E-state index in [9.17, 15) is 9.90 Å². The van der Waals surface area contributed by atoms with Crippen LogP contribution in [0, 0.1) is 6.92 Å². The highest BCUT2D eigenvalue weighted by atomic mass is 16.3. The van der Waals surface area contributed by atoms with Crippen molar-refractivity contribution in [1.82, 2.24) is 0 Å². The zero-order valence-corrected chi connectivity index (χ0v) is 12.8. The number of nitrogens with two attached hydrogens (primary N) is 1. The molecule has 3 heteroatoms. The Morgan fingerprint density at radius 1 is 0.870 bits per heavy atom. The van der Waals surface area contributed by atoms with Crippen molar-refractivity contribution in [3.8, 4) is 28.0 Å². The summed E-state index contributed by atoms with van der Waals surface area (Å²) in [6.45, 7) is 1.90. The van der Waals surface area contributed by atoms with E-state index in [1.165, 1.54) is 0 Å². The van der Waals surface area contributed by atoms with Gasteiger partial charge in [-0.15, -0.1) is 0 Å². The van der Waals surface area contributed by atoms with Crippen LogP contribution in [-0.4, -0.2) is 11.0 Å². The fraction of sp³-hybridized carbons (Fsp3) is 0.0500. The first-order chi connectivity index (χ1) is 11.1. The Hall–Kier alpha value is -3.07. The van der Waals surface area contributed by atoms with Crippen LogP contribution in [0.25, 0.3) is 22.3 Å². The van der Waals surface area contributed by atoms with Gasteiger partial charge >= 0.3 is 0 Å². The first kappa shape index (κ1) is 14.9. The molecule has 0 saturated heterocycles. The van der Waals surface area contributed by atoms with E-state index in [0.717, 1.165) is 27.8 Å². The quantitative estimate of drug-likeness (QED) is 0.764. The van der Waals surface area contributed by atoms with E-state index < -0.39 is 5.91 Å². The second kappa shape index (κ2) is 5.97. The Labute approximate surface area is 135 Å². The standard InChI is InChI=1S/C20H17NO2/c1-13-11-16(22)8-10-17(13)19-12-15(7-9-18(19)20(21)23)14-5-3-2-4-6-14/h2-12,22H,1H3,(H2,21,23). The maximum absolute atomic E-state index is 11.8. The largest absolute Gasteiger partial charge is 0.508 e. The summed E-state index contributed by atoms with van der Waals surface area (Å²) in [6, 6.07) is 20.7. The lowest BCUT2D eigenvalue weighted by atomic mass is 9.92. The molecule has 23 heavy (non-hydrogen) atoms. The summed E-state index contributed by atoms with van der Waals surface area (Å²) < 4.78 is 0. The molecular formula is C20H17NO2. The minimum Gasteiger partial charge on any atom is -0.508 e. The smallest absolute Gasteiger partial charge is 0.249 e. The van der Waals surface area contributed by atoms with Crippen molar-refractivity contribution in [3.05, 3.63) is 77.9 Å². The highest BCUT2D eigenvalue weighted by molar-refractivity contribution is 6.01.